The number of nitrogens with one attached hydrogen (secondary N) is 4. The van der Waals surface area contributed by atoms with Gasteiger partial charge < -0.3 is 69.5 Å². The Morgan fingerprint density at radius 2 is 0.747 bits per heavy atom. The maximum Gasteiger partial charge on any atom is 2.00 e. The normalized spacial score (nSPS) is 12.9. The number of halogens is 4. The number of pyridine rings is 2. The van der Waals surface area contributed by atoms with E-state index in [0.717, 1.165) is 50.7 Å². The van der Waals surface area contributed by atoms with E-state index in [4.69, 9.17) is 28.4 Å². The number of hydrogen-bond donors (Lipinski definition) is 4. The summed E-state index contributed by atoms with van der Waals surface area (Å²) in [5.41, 5.74) is -0.486. The van der Waals surface area contributed by atoms with E-state index in [0.29, 0.717) is 133 Å². The van der Waals surface area contributed by atoms with Gasteiger partial charge in [0.2, 0.25) is 23.6 Å². The van der Waals surface area contributed by atoms with Gasteiger partial charge in [-0.3, -0.25) is 29.1 Å². The first kappa shape index (κ1) is 71.6. The summed E-state index contributed by atoms with van der Waals surface area (Å²) in [5, 5.41) is 32.8. The van der Waals surface area contributed by atoms with E-state index >= 15 is 8.78 Å². The largest absolute Gasteiger partial charge is 2.00 e. The maximum absolute atomic E-state index is 15.3. The summed E-state index contributed by atoms with van der Waals surface area (Å²) in [5.74, 6) is -4.27. The SMILES string of the molecule is CCOc1cc2c(Oc3ccc(NC(=O)C4(C(=O)Nc5ccc(F)cc5)CC4)cc3F)ccnc2cc1OCCCCCCC(=O)[O-].CCOc1cc2c(Oc3ccc(NC(=O)C4(C(=O)Nc5ccc(F)cc5)CC4)cc3F)ccnc2cc1OCCCCCCC(=O)[O-].[Ca+2]. The number of fused-ring (bicyclic) bond motifs is 2. The van der Waals surface area contributed by atoms with Crippen molar-refractivity contribution in [3.8, 4) is 46.0 Å². The van der Waals surface area contributed by atoms with E-state index in [1.807, 2.05) is 13.8 Å². The van der Waals surface area contributed by atoms with Gasteiger partial charge in [0, 0.05) is 82.1 Å². The molecule has 4 amide bonds. The fraction of sp³-hybridized carbons (Fsp3) is 0.314. The number of benzene rings is 6. The molecule has 2 aromatic heterocycles. The molecular formula is C70H68CaF4N6O14. The van der Waals surface area contributed by atoms with E-state index in [1.54, 1.807) is 36.4 Å². The van der Waals surface area contributed by atoms with Crippen LogP contribution in [0.25, 0.3) is 21.8 Å². The van der Waals surface area contributed by atoms with Gasteiger partial charge in [0.15, 0.2) is 46.1 Å². The second kappa shape index (κ2) is 33.7. The van der Waals surface area contributed by atoms with Crippen LogP contribution in [0.15, 0.2) is 134 Å². The topological polar surface area (TPSA) is 278 Å². The molecule has 0 aliphatic heterocycles. The average molecular weight is 1330 g/mol. The van der Waals surface area contributed by atoms with Crippen LogP contribution in [-0.2, 0) is 28.8 Å². The second-order valence-electron chi connectivity index (χ2n) is 22.4. The first-order valence-corrected chi connectivity index (χ1v) is 30.8. The Hall–Kier alpha value is -9.26. The molecule has 4 N–H and O–H groups in total. The summed E-state index contributed by atoms with van der Waals surface area (Å²) in [6.45, 7) is 5.23. The number of carboxylic acid groups (broad SMARTS) is 2. The number of anilines is 4. The van der Waals surface area contributed by atoms with Crippen LogP contribution in [0.5, 0.6) is 46.0 Å². The first-order valence-electron chi connectivity index (χ1n) is 30.8. The van der Waals surface area contributed by atoms with Crippen molar-refractivity contribution >= 4 is 118 Å². The third kappa shape index (κ3) is 19.4. The average Bonchev–Trinajstić information content (AvgIpc) is 1.68. The van der Waals surface area contributed by atoms with Crippen LogP contribution in [0.2, 0.25) is 0 Å². The van der Waals surface area contributed by atoms with E-state index < -0.39 is 69.7 Å². The second-order valence-corrected chi connectivity index (χ2v) is 22.4. The molecule has 95 heavy (non-hydrogen) atoms. The number of nitrogens with zero attached hydrogens (tertiary/aromatic N) is 2. The summed E-state index contributed by atoms with van der Waals surface area (Å²) in [7, 11) is 0. The van der Waals surface area contributed by atoms with Crippen molar-refractivity contribution in [2.75, 3.05) is 47.7 Å². The van der Waals surface area contributed by atoms with Crippen LogP contribution in [0, 0.1) is 34.1 Å². The van der Waals surface area contributed by atoms with Gasteiger partial charge in [-0.15, -0.1) is 0 Å². The fourth-order valence-corrected chi connectivity index (χ4v) is 10.0. The Labute approximate surface area is 574 Å². The number of ether oxygens (including phenoxy) is 6. The number of carboxylic acids is 2. The third-order valence-electron chi connectivity index (χ3n) is 15.5. The number of rotatable bonds is 32. The summed E-state index contributed by atoms with van der Waals surface area (Å²) in [4.78, 5) is 81.7. The number of unbranched alkanes of at least 4 members (excludes halogenated alkanes) is 6. The van der Waals surface area contributed by atoms with Crippen LogP contribution in [0.1, 0.15) is 104 Å². The van der Waals surface area contributed by atoms with Crippen LogP contribution >= 0.6 is 0 Å². The van der Waals surface area contributed by atoms with Crippen molar-refractivity contribution in [3.63, 3.8) is 0 Å². The molecule has 0 bridgehead atoms. The van der Waals surface area contributed by atoms with Crippen molar-refractivity contribution in [1.29, 1.82) is 0 Å². The zero-order valence-electron chi connectivity index (χ0n) is 52.3. The van der Waals surface area contributed by atoms with Crippen LogP contribution < -0.4 is 59.9 Å². The molecule has 0 saturated heterocycles. The third-order valence-corrected chi connectivity index (χ3v) is 15.5. The minimum atomic E-state index is -1.29. The number of hydrogen-bond acceptors (Lipinski definition) is 16. The Kier molecular flexibility index (Phi) is 25.4. The molecule has 25 heteroatoms. The Balaban J connectivity index is 0.000000241. The predicted octanol–water partition coefficient (Wildman–Crippen LogP) is 11.9. The van der Waals surface area contributed by atoms with E-state index in [1.165, 1.54) is 85.2 Å². The van der Waals surface area contributed by atoms with Gasteiger partial charge in [0.1, 0.15) is 34.0 Å². The van der Waals surface area contributed by atoms with E-state index in [2.05, 4.69) is 31.2 Å². The predicted molar refractivity (Wildman–Crippen MR) is 342 cm³/mol. The van der Waals surface area contributed by atoms with Crippen molar-refractivity contribution in [2.24, 2.45) is 10.8 Å². The van der Waals surface area contributed by atoms with Crippen molar-refractivity contribution in [2.45, 2.75) is 104 Å². The molecule has 0 radical (unpaired) electrons. The first-order chi connectivity index (χ1) is 45.4. The zero-order chi connectivity index (χ0) is 66.8. The van der Waals surface area contributed by atoms with Crippen LogP contribution in [0.4, 0.5) is 40.3 Å². The number of carbonyl (C=O) groups is 6. The number of aromatic nitrogens is 2. The quantitative estimate of drug-likeness (QED) is 0.0132. The Morgan fingerprint density at radius 3 is 1.08 bits per heavy atom. The number of carbonyl (C=O) groups excluding carboxylic acids is 6. The minimum Gasteiger partial charge on any atom is -0.550 e. The van der Waals surface area contributed by atoms with Gasteiger partial charge in [0.25, 0.3) is 0 Å². The summed E-state index contributed by atoms with van der Waals surface area (Å²) in [6, 6.07) is 28.4. The molecule has 2 heterocycles. The molecule has 2 aliphatic rings. The summed E-state index contributed by atoms with van der Waals surface area (Å²) in [6.07, 6.45) is 10.2. The van der Waals surface area contributed by atoms with Crippen molar-refractivity contribution in [3.05, 3.63) is 157 Å². The van der Waals surface area contributed by atoms with Gasteiger partial charge in [0.05, 0.1) is 37.5 Å². The zero-order valence-corrected chi connectivity index (χ0v) is 54.5. The number of aliphatic carboxylic acids is 2. The van der Waals surface area contributed by atoms with Crippen molar-refractivity contribution < 1.29 is 85.0 Å². The molecule has 20 nitrogen and oxygen atoms in total. The standard InChI is InChI=1S/2C35H35F2N3O7.Ca/c2*1-2-45-30-20-25-27(21-31(30)46-18-6-4-3-5-7-32(41)42)38-17-14-28(25)47-29-13-12-24(19-26(29)37)40-34(44)35(15-16-35)33(43)39-23-10-8-22(36)9-11-23;/h2*8-14,17,19-21H,2-7,15-16,18H2,1H3,(H,39,43)(H,40,44)(H,41,42);/q;;+2/p-2. The summed E-state index contributed by atoms with van der Waals surface area (Å²) >= 11 is 0. The van der Waals surface area contributed by atoms with E-state index in [9.17, 15) is 47.8 Å². The van der Waals surface area contributed by atoms with Crippen LogP contribution in [0.3, 0.4) is 0 Å². The molecule has 6 aromatic carbocycles. The molecule has 10 rings (SSSR count). The van der Waals surface area contributed by atoms with Gasteiger partial charge in [-0.05, 0) is 175 Å². The molecule has 2 aliphatic carbocycles. The molecule has 2 saturated carbocycles. The Bertz CT molecular complexity index is 3790. The van der Waals surface area contributed by atoms with Gasteiger partial charge in [-0.25, -0.2) is 17.6 Å². The smallest absolute Gasteiger partial charge is 0.550 e. The molecule has 492 valence electrons. The minimum absolute atomic E-state index is 0. The Morgan fingerprint density at radius 1 is 0.411 bits per heavy atom. The molecular weight excluding hydrogens is 1260 g/mol. The van der Waals surface area contributed by atoms with E-state index in [-0.39, 0.29) is 73.5 Å². The van der Waals surface area contributed by atoms with Gasteiger partial charge >= 0.3 is 37.7 Å². The monoisotopic (exact) mass is 1330 g/mol. The molecule has 0 spiro atoms. The van der Waals surface area contributed by atoms with Gasteiger partial charge in [-0.2, -0.15) is 0 Å². The molecule has 2 fully saturated rings. The molecule has 0 atom stereocenters. The van der Waals surface area contributed by atoms with Gasteiger partial charge in [-0.1, -0.05) is 25.7 Å². The summed E-state index contributed by atoms with van der Waals surface area (Å²) < 4.78 is 92.3. The fourth-order valence-electron chi connectivity index (χ4n) is 10.0. The molecule has 0 unspecified atom stereocenters. The van der Waals surface area contributed by atoms with Crippen molar-refractivity contribution in [1.82, 2.24) is 9.97 Å². The number of amides is 4. The van der Waals surface area contributed by atoms with Crippen LogP contribution in [-0.4, -0.2) is 110 Å². The molecule has 8 aromatic rings. The maximum atomic E-state index is 15.3.